The topological polar surface area (TPSA) is 71.7 Å². The van der Waals surface area contributed by atoms with Crippen LogP contribution in [0.1, 0.15) is 11.3 Å². The molecule has 0 fully saturated rings. The van der Waals surface area contributed by atoms with Gasteiger partial charge in [0.05, 0.1) is 16.8 Å². The maximum atomic E-state index is 11.7. The van der Waals surface area contributed by atoms with Crippen LogP contribution in [-0.4, -0.2) is 30.7 Å². The fourth-order valence-electron chi connectivity index (χ4n) is 2.81. The number of nitrogens with zero attached hydrogens (tertiary/aromatic N) is 2. The fourth-order valence-corrected chi connectivity index (χ4v) is 3.44. The molecule has 6 heteroatoms. The van der Waals surface area contributed by atoms with Gasteiger partial charge in [-0.25, -0.2) is 8.42 Å². The van der Waals surface area contributed by atoms with E-state index in [9.17, 15) is 8.42 Å². The highest BCUT2D eigenvalue weighted by Crippen LogP contribution is 2.29. The maximum absolute atomic E-state index is 11.7. The summed E-state index contributed by atoms with van der Waals surface area (Å²) in [7, 11) is -3.24. The Bertz CT molecular complexity index is 1020. The molecule has 0 radical (unpaired) electrons. The molecule has 128 valence electrons. The van der Waals surface area contributed by atoms with Crippen LogP contribution in [0.25, 0.3) is 16.9 Å². The van der Waals surface area contributed by atoms with Crippen molar-refractivity contribution < 1.29 is 13.6 Å². The monoisotopic (exact) mass is 354 g/mol. The molecule has 0 atom stereocenters. The molecule has 1 aromatic heterocycles. The van der Waals surface area contributed by atoms with Crippen LogP contribution in [-0.2, 0) is 9.84 Å². The summed E-state index contributed by atoms with van der Waals surface area (Å²) in [5.74, 6) is 0. The Balaban J connectivity index is 2.20. The lowest BCUT2D eigenvalue weighted by Crippen LogP contribution is -2.00. The summed E-state index contributed by atoms with van der Waals surface area (Å²) < 4.78 is 25.4. The van der Waals surface area contributed by atoms with Crippen molar-refractivity contribution in [1.82, 2.24) is 4.57 Å². The van der Waals surface area contributed by atoms with E-state index < -0.39 is 9.84 Å². The molecular weight excluding hydrogens is 336 g/mol. The minimum Gasteiger partial charge on any atom is -0.411 e. The van der Waals surface area contributed by atoms with Gasteiger partial charge in [0.2, 0.25) is 0 Å². The molecule has 25 heavy (non-hydrogen) atoms. The molecule has 5 nitrogen and oxygen atoms in total. The van der Waals surface area contributed by atoms with Gasteiger partial charge in [-0.05, 0) is 42.8 Å². The van der Waals surface area contributed by atoms with E-state index in [1.807, 2.05) is 47.9 Å². The summed E-state index contributed by atoms with van der Waals surface area (Å²) in [4.78, 5) is 0.280. The first kappa shape index (κ1) is 17.0. The highest BCUT2D eigenvalue weighted by atomic mass is 32.2. The molecule has 0 aliphatic carbocycles. The van der Waals surface area contributed by atoms with Gasteiger partial charge in [0.25, 0.3) is 0 Å². The first-order valence-corrected chi connectivity index (χ1v) is 9.56. The summed E-state index contributed by atoms with van der Waals surface area (Å²) in [6.45, 7) is 1.94. The zero-order valence-electron chi connectivity index (χ0n) is 13.9. The molecule has 2 aromatic carbocycles. The first-order valence-electron chi connectivity index (χ1n) is 7.67. The lowest BCUT2D eigenvalue weighted by atomic mass is 10.1. The van der Waals surface area contributed by atoms with E-state index in [0.717, 1.165) is 28.2 Å². The lowest BCUT2D eigenvalue weighted by Gasteiger charge is -2.12. The van der Waals surface area contributed by atoms with Crippen molar-refractivity contribution in [2.75, 3.05) is 6.26 Å². The van der Waals surface area contributed by atoms with Crippen LogP contribution in [0, 0.1) is 6.92 Å². The van der Waals surface area contributed by atoms with E-state index in [1.165, 1.54) is 12.5 Å². The van der Waals surface area contributed by atoms with E-state index in [-0.39, 0.29) is 4.90 Å². The third kappa shape index (κ3) is 3.34. The number of hydrogen-bond donors (Lipinski definition) is 1. The van der Waals surface area contributed by atoms with Gasteiger partial charge in [0, 0.05) is 23.2 Å². The van der Waals surface area contributed by atoms with Crippen molar-refractivity contribution >= 4 is 16.1 Å². The van der Waals surface area contributed by atoms with Gasteiger partial charge in [-0.15, -0.1) is 0 Å². The SMILES string of the molecule is Cc1c(/C=N/O)cc(-c2ccc(S(C)(=O)=O)cc2)n1-c1ccccc1. The van der Waals surface area contributed by atoms with Gasteiger partial charge in [0.1, 0.15) is 0 Å². The van der Waals surface area contributed by atoms with Crippen LogP contribution < -0.4 is 0 Å². The van der Waals surface area contributed by atoms with Crippen LogP contribution in [0.4, 0.5) is 0 Å². The predicted octanol–water partition coefficient (Wildman–Crippen LogP) is 3.66. The molecule has 0 aliphatic rings. The van der Waals surface area contributed by atoms with Crippen LogP contribution >= 0.6 is 0 Å². The highest BCUT2D eigenvalue weighted by Gasteiger charge is 2.15. The molecule has 0 bridgehead atoms. The first-order chi connectivity index (χ1) is 11.9. The molecule has 1 N–H and O–H groups in total. The molecule has 0 saturated carbocycles. The largest absolute Gasteiger partial charge is 0.411 e. The van der Waals surface area contributed by atoms with Crippen molar-refractivity contribution in [2.24, 2.45) is 5.16 Å². The summed E-state index contributed by atoms with van der Waals surface area (Å²) >= 11 is 0. The van der Waals surface area contributed by atoms with Crippen LogP contribution in [0.2, 0.25) is 0 Å². The standard InChI is InChI=1S/C19H18N2O3S/c1-14-16(13-20-22)12-19(21(14)17-6-4-3-5-7-17)15-8-10-18(11-9-15)25(2,23)24/h3-13,22H,1-2H3/b20-13+. The van der Waals surface area contributed by atoms with Gasteiger partial charge in [0.15, 0.2) is 9.84 Å². The minimum atomic E-state index is -3.24. The zero-order chi connectivity index (χ0) is 18.0. The Labute approximate surface area is 146 Å². The number of hydrogen-bond acceptors (Lipinski definition) is 4. The second-order valence-corrected chi connectivity index (χ2v) is 7.80. The summed E-state index contributed by atoms with van der Waals surface area (Å²) in [5, 5.41) is 12.0. The minimum absolute atomic E-state index is 0.280. The molecule has 0 unspecified atom stereocenters. The molecule has 0 saturated heterocycles. The van der Waals surface area contributed by atoms with Gasteiger partial charge < -0.3 is 9.77 Å². The molecule has 3 rings (SSSR count). The van der Waals surface area contributed by atoms with E-state index in [2.05, 4.69) is 5.16 Å². The van der Waals surface area contributed by atoms with Crippen LogP contribution in [0.5, 0.6) is 0 Å². The van der Waals surface area contributed by atoms with E-state index in [1.54, 1.807) is 24.3 Å². The highest BCUT2D eigenvalue weighted by molar-refractivity contribution is 7.90. The summed E-state index contributed by atoms with van der Waals surface area (Å²) in [5.41, 5.74) is 4.44. The van der Waals surface area contributed by atoms with Crippen molar-refractivity contribution in [3.05, 3.63) is 71.9 Å². The quantitative estimate of drug-likeness (QED) is 0.441. The Kier molecular flexibility index (Phi) is 4.46. The summed E-state index contributed by atoms with van der Waals surface area (Å²) in [6, 6.07) is 18.5. The molecule has 0 aliphatic heterocycles. The number of rotatable bonds is 4. The van der Waals surface area contributed by atoms with Crippen molar-refractivity contribution in [3.8, 4) is 16.9 Å². The Morgan fingerprint density at radius 2 is 1.68 bits per heavy atom. The van der Waals surface area contributed by atoms with E-state index in [0.29, 0.717) is 0 Å². The molecule has 0 amide bonds. The van der Waals surface area contributed by atoms with Crippen molar-refractivity contribution in [2.45, 2.75) is 11.8 Å². The predicted molar refractivity (Wildman–Crippen MR) is 98.4 cm³/mol. The fraction of sp³-hybridized carbons (Fsp3) is 0.105. The average Bonchev–Trinajstić information content (AvgIpc) is 2.92. The molecule has 3 aromatic rings. The Morgan fingerprint density at radius 3 is 2.24 bits per heavy atom. The smallest absolute Gasteiger partial charge is 0.175 e. The normalized spacial score (nSPS) is 11.9. The second kappa shape index (κ2) is 6.57. The molecule has 0 spiro atoms. The Hall–Kier alpha value is -2.86. The third-order valence-corrected chi connectivity index (χ3v) is 5.20. The molecular formula is C19H18N2O3S. The Morgan fingerprint density at radius 1 is 1.04 bits per heavy atom. The van der Waals surface area contributed by atoms with Crippen LogP contribution in [0.3, 0.4) is 0 Å². The number of benzene rings is 2. The van der Waals surface area contributed by atoms with Gasteiger partial charge in [-0.2, -0.15) is 0 Å². The lowest BCUT2D eigenvalue weighted by molar-refractivity contribution is 0.322. The summed E-state index contributed by atoms with van der Waals surface area (Å²) in [6.07, 6.45) is 2.58. The molecule has 1 heterocycles. The van der Waals surface area contributed by atoms with Crippen LogP contribution in [0.15, 0.2) is 70.7 Å². The number of para-hydroxylation sites is 1. The third-order valence-electron chi connectivity index (χ3n) is 4.08. The maximum Gasteiger partial charge on any atom is 0.175 e. The van der Waals surface area contributed by atoms with Gasteiger partial charge in [-0.1, -0.05) is 35.5 Å². The van der Waals surface area contributed by atoms with E-state index in [4.69, 9.17) is 5.21 Å². The van der Waals surface area contributed by atoms with E-state index >= 15 is 0 Å². The zero-order valence-corrected chi connectivity index (χ0v) is 14.7. The number of oxime groups is 1. The number of sulfone groups is 1. The van der Waals surface area contributed by atoms with Gasteiger partial charge >= 0.3 is 0 Å². The number of aromatic nitrogens is 1. The second-order valence-electron chi connectivity index (χ2n) is 5.78. The average molecular weight is 354 g/mol. The van der Waals surface area contributed by atoms with Crippen molar-refractivity contribution in [1.29, 1.82) is 0 Å². The van der Waals surface area contributed by atoms with Gasteiger partial charge in [-0.3, -0.25) is 0 Å². The van der Waals surface area contributed by atoms with Crippen molar-refractivity contribution in [3.63, 3.8) is 0 Å².